The van der Waals surface area contributed by atoms with Crippen LogP contribution in [0, 0.1) is 0 Å². The van der Waals surface area contributed by atoms with Crippen LogP contribution in [0.1, 0.15) is 18.5 Å². The summed E-state index contributed by atoms with van der Waals surface area (Å²) in [4.78, 5) is 0. The first kappa shape index (κ1) is 117. The van der Waals surface area contributed by atoms with E-state index in [0.717, 1.165) is 0 Å². The van der Waals surface area contributed by atoms with E-state index in [9.17, 15) is 0 Å². The summed E-state index contributed by atoms with van der Waals surface area (Å²) >= 11 is 0. The van der Waals surface area contributed by atoms with Crippen molar-refractivity contribution in [2.75, 3.05) is 0 Å². The van der Waals surface area contributed by atoms with Crippen LogP contribution in [-0.2, 0) is 52.0 Å². The van der Waals surface area contributed by atoms with E-state index in [1.165, 1.54) is 0 Å². The van der Waals surface area contributed by atoms with Gasteiger partial charge in [0.15, 0.2) is 0 Å². The fourth-order valence-electron chi connectivity index (χ4n) is 0. The molecule has 0 heterocycles. The average molecular weight is 802 g/mol. The van der Waals surface area contributed by atoms with Crippen molar-refractivity contribution in [2.45, 2.75) is 0 Å². The summed E-state index contributed by atoms with van der Waals surface area (Å²) in [5.41, 5.74) is 0. The molecular formula is H23Na13O20S5. The van der Waals surface area contributed by atoms with Crippen molar-refractivity contribution in [1.82, 2.24) is 0 Å². The van der Waals surface area contributed by atoms with Crippen LogP contribution >= 0.6 is 0 Å². The molecule has 0 aromatic carbocycles. The summed E-state index contributed by atoms with van der Waals surface area (Å²) in [6, 6.07) is 0. The molecular weight excluding hydrogens is 779 g/mol. The van der Waals surface area contributed by atoms with Crippen LogP contribution in [0.5, 0.6) is 0 Å². The predicted octanol–water partition coefficient (Wildman–Crippen LogP) is -40.7. The number of rotatable bonds is 0. The Labute approximate surface area is 528 Å². The fourth-order valence-corrected chi connectivity index (χ4v) is 0. The molecule has 10 N–H and O–H groups in total. The first-order chi connectivity index (χ1) is 10.0. The molecule has 0 radical (unpaired) electrons. The van der Waals surface area contributed by atoms with Gasteiger partial charge in [0.2, 0.25) is 0 Å². The average Bonchev–Trinajstić information content (AvgIpc) is 1.79. The molecule has 0 spiro atoms. The van der Waals surface area contributed by atoms with Gasteiger partial charge in [-0.05, 0) is 0 Å². The minimum absolute atomic E-state index is 0. The molecule has 0 aliphatic carbocycles. The zero-order valence-corrected chi connectivity index (χ0v) is 53.7. The van der Waals surface area contributed by atoms with Gasteiger partial charge in [-0.25, -0.2) is 0 Å². The van der Waals surface area contributed by atoms with E-state index < -0.39 is 52.0 Å². The molecule has 0 rings (SSSR count). The quantitative estimate of drug-likeness (QED) is 0.0803. The van der Waals surface area contributed by atoms with Crippen LogP contribution in [0.3, 0.4) is 0 Å². The van der Waals surface area contributed by atoms with Crippen molar-refractivity contribution in [3.63, 3.8) is 0 Å². The second-order valence-electron chi connectivity index (χ2n) is 2.24. The Morgan fingerprint density at radius 2 is 0.211 bits per heavy atom. The molecule has 0 bridgehead atoms. The van der Waals surface area contributed by atoms with Gasteiger partial charge in [0.1, 0.15) is 0 Å². The molecule has 0 unspecified atom stereocenters. The summed E-state index contributed by atoms with van der Waals surface area (Å²) < 4.78 is 158. The van der Waals surface area contributed by atoms with Gasteiger partial charge in [-0.3, -0.25) is 45.5 Å². The van der Waals surface area contributed by atoms with Crippen molar-refractivity contribution < 1.29 is 490 Å². The standard InChI is InChI=1S/13Na.5H2O4S.13H/c;;;;;;;;;;;;;5*1-5(2,3)4;;;;;;;;;;;;;/h;;;;;;;;;;;;;5*(H2,1,2,3,4);;;;;;;;;;;;;/q13*+1;;;;;;13*-1. The molecule has 38 heavy (non-hydrogen) atoms. The fraction of sp³-hybridized carbons (Fsp3) is 0. The van der Waals surface area contributed by atoms with Crippen molar-refractivity contribution in [1.29, 1.82) is 0 Å². The Morgan fingerprint density at radius 1 is 0.211 bits per heavy atom. The third-order valence-corrected chi connectivity index (χ3v) is 0. The maximum Gasteiger partial charge on any atom is 1.00 e. The molecule has 0 amide bonds. The molecule has 186 valence electrons. The zero-order valence-electron chi connectivity index (χ0n) is 36.6. The van der Waals surface area contributed by atoms with E-state index >= 15 is 0 Å². The summed E-state index contributed by atoms with van der Waals surface area (Å²) in [6.07, 6.45) is 0. The predicted molar refractivity (Wildman–Crippen MR) is 85.3 cm³/mol. The molecule has 38 heteroatoms. The van der Waals surface area contributed by atoms with Crippen LogP contribution in [0.2, 0.25) is 0 Å². The minimum Gasteiger partial charge on any atom is -1.00 e. The Balaban J connectivity index is -0.00000000300. The molecule has 0 aromatic heterocycles. The Hall–Kier alpha value is 12.3. The number of hydrogen-bond acceptors (Lipinski definition) is 10. The van der Waals surface area contributed by atoms with Crippen LogP contribution in [0.4, 0.5) is 0 Å². The topological polar surface area (TPSA) is 373 Å². The Bertz CT molecular complexity index is 685. The van der Waals surface area contributed by atoms with Gasteiger partial charge in [-0.15, -0.1) is 0 Å². The minimum atomic E-state index is -4.67. The second-order valence-corrected chi connectivity index (χ2v) is 6.72. The summed E-state index contributed by atoms with van der Waals surface area (Å²) in [7, 11) is -23.3. The Morgan fingerprint density at radius 3 is 0.211 bits per heavy atom. The first-order valence-corrected chi connectivity index (χ1v) is 10.5. The van der Waals surface area contributed by atoms with Crippen LogP contribution in [0.25, 0.3) is 0 Å². The molecule has 0 atom stereocenters. The Kier molecular flexibility index (Phi) is 198. The van der Waals surface area contributed by atoms with E-state index in [4.69, 9.17) is 87.6 Å². The second kappa shape index (κ2) is 64.3. The van der Waals surface area contributed by atoms with Crippen LogP contribution in [0.15, 0.2) is 0 Å². The van der Waals surface area contributed by atoms with Gasteiger partial charge >= 0.3 is 436 Å². The van der Waals surface area contributed by atoms with Crippen molar-refractivity contribution >= 4 is 52.0 Å². The smallest absolute Gasteiger partial charge is 1.00 e. The molecule has 0 aromatic rings. The normalized spacial score (nSPS) is 7.63. The van der Waals surface area contributed by atoms with Gasteiger partial charge in [0, 0.05) is 0 Å². The first-order valence-electron chi connectivity index (χ1n) is 3.49. The van der Waals surface area contributed by atoms with Crippen molar-refractivity contribution in [3.05, 3.63) is 0 Å². The van der Waals surface area contributed by atoms with E-state index in [-0.39, 0.29) is 403 Å². The van der Waals surface area contributed by atoms with Gasteiger partial charge in [0.25, 0.3) is 0 Å². The summed E-state index contributed by atoms with van der Waals surface area (Å²) in [5.74, 6) is 0. The monoisotopic (exact) mass is 802 g/mol. The third-order valence-electron chi connectivity index (χ3n) is 0. The molecule has 0 saturated carbocycles. The van der Waals surface area contributed by atoms with E-state index in [1.807, 2.05) is 0 Å². The molecule has 20 nitrogen and oxygen atoms in total. The van der Waals surface area contributed by atoms with Crippen molar-refractivity contribution in [3.8, 4) is 0 Å². The summed E-state index contributed by atoms with van der Waals surface area (Å²) in [6.45, 7) is 0. The van der Waals surface area contributed by atoms with Crippen LogP contribution in [-0.4, -0.2) is 87.6 Å². The van der Waals surface area contributed by atoms with Gasteiger partial charge < -0.3 is 18.5 Å². The zero-order chi connectivity index (χ0) is 22.5. The SMILES string of the molecule is O=S(=O)(O)O.O=S(=O)(O)O.O=S(=O)(O)O.O=S(=O)(O)O.O=S(=O)(O)O.[H-].[H-].[H-].[H-].[H-].[H-].[H-].[H-].[H-].[H-].[H-].[H-].[H-].[Na+].[Na+].[Na+].[Na+].[Na+].[Na+].[Na+].[Na+].[Na+].[Na+].[Na+].[Na+].[Na+]. The molecule has 0 aliphatic heterocycles. The molecule has 0 saturated heterocycles. The molecule has 0 aliphatic rings. The van der Waals surface area contributed by atoms with Gasteiger partial charge in [0.05, 0.1) is 0 Å². The van der Waals surface area contributed by atoms with Crippen LogP contribution < -0.4 is 384 Å². The summed E-state index contributed by atoms with van der Waals surface area (Å²) in [5, 5.41) is 0. The largest absolute Gasteiger partial charge is 1.00 e. The third kappa shape index (κ3) is 711. The van der Waals surface area contributed by atoms with Gasteiger partial charge in [-0.1, -0.05) is 0 Å². The van der Waals surface area contributed by atoms with E-state index in [2.05, 4.69) is 0 Å². The van der Waals surface area contributed by atoms with Gasteiger partial charge in [-0.2, -0.15) is 42.1 Å². The maximum atomic E-state index is 8.74. The molecule has 0 fully saturated rings. The number of hydrogen-bond donors (Lipinski definition) is 10. The van der Waals surface area contributed by atoms with Crippen molar-refractivity contribution in [2.24, 2.45) is 0 Å². The maximum absolute atomic E-state index is 8.74. The van der Waals surface area contributed by atoms with E-state index in [0.29, 0.717) is 0 Å². The van der Waals surface area contributed by atoms with E-state index in [1.54, 1.807) is 0 Å².